The molecule has 3 bridgehead atoms. The van der Waals surface area contributed by atoms with Crippen LogP contribution in [0.5, 0.6) is 0 Å². The SMILES string of the molecule is CC(C)(C)c1ccc2c(c1)-c1ccccc1-c1ccc(N(c3ccccc3)c3ccc4c(c3)-c3ccccc3C3CC5CC4CC3C5)cc1-c1cc(C(C)(C)C)ccc1-2. The lowest BCUT2D eigenvalue weighted by Gasteiger charge is -2.35. The van der Waals surface area contributed by atoms with Crippen LogP contribution >= 0.6 is 0 Å². The Bertz CT molecular complexity index is 2770. The fourth-order valence-electron chi connectivity index (χ4n) is 11.6. The molecule has 292 valence electrons. The molecule has 0 heterocycles. The Morgan fingerprint density at radius 1 is 0.373 bits per heavy atom. The van der Waals surface area contributed by atoms with Crippen molar-refractivity contribution in [3.63, 3.8) is 0 Å². The Morgan fingerprint density at radius 3 is 1.54 bits per heavy atom. The monoisotopic (exact) mass is 765 g/mol. The highest BCUT2D eigenvalue weighted by molar-refractivity contribution is 6.04. The normalized spacial score (nSPS) is 19.8. The summed E-state index contributed by atoms with van der Waals surface area (Å²) in [6.45, 7) is 14.0. The summed E-state index contributed by atoms with van der Waals surface area (Å²) in [4.78, 5) is 2.51. The topological polar surface area (TPSA) is 3.24 Å². The highest BCUT2D eigenvalue weighted by Crippen LogP contribution is 2.59. The highest BCUT2D eigenvalue weighted by Gasteiger charge is 2.44. The van der Waals surface area contributed by atoms with Crippen LogP contribution in [0.4, 0.5) is 17.1 Å². The zero-order valence-electron chi connectivity index (χ0n) is 35.5. The average Bonchev–Trinajstić information content (AvgIpc) is 3.56. The lowest BCUT2D eigenvalue weighted by atomic mass is 9.71. The van der Waals surface area contributed by atoms with Gasteiger partial charge in [-0.1, -0.05) is 145 Å². The standard InChI is InChI=1S/C58H55N/c1-57(2,3)39-20-24-49-50-25-21-40(58(4,5)6)33-54(50)56-35-43(23-27-51(56)45-16-10-12-18-47(45)53(49)32-39)59(41-14-8-7-9-15-41)42-22-26-44-37-28-36-29-38(31-37)52(30-36)46-17-11-13-19-48(46)55(44)34-42/h7-27,32-38,52H,28-31H2,1-6H3. The molecule has 1 heteroatoms. The summed E-state index contributed by atoms with van der Waals surface area (Å²) >= 11 is 0. The van der Waals surface area contributed by atoms with E-state index in [1.165, 1.54) is 110 Å². The van der Waals surface area contributed by atoms with Crippen molar-refractivity contribution in [1.82, 2.24) is 0 Å². The summed E-state index contributed by atoms with van der Waals surface area (Å²) in [5.74, 6) is 2.99. The van der Waals surface area contributed by atoms with Crippen LogP contribution in [-0.2, 0) is 10.8 Å². The van der Waals surface area contributed by atoms with Crippen LogP contribution < -0.4 is 4.90 Å². The number of anilines is 3. The van der Waals surface area contributed by atoms with Gasteiger partial charge in [0.1, 0.15) is 0 Å². The number of nitrogens with zero attached hydrogens (tertiary/aromatic N) is 1. The van der Waals surface area contributed by atoms with Crippen LogP contribution in [0.1, 0.15) is 101 Å². The van der Waals surface area contributed by atoms with E-state index in [0.717, 1.165) is 11.8 Å². The van der Waals surface area contributed by atoms with Gasteiger partial charge in [-0.2, -0.15) is 0 Å². The zero-order valence-corrected chi connectivity index (χ0v) is 35.5. The predicted octanol–water partition coefficient (Wildman–Crippen LogP) is 16.4. The third-order valence-electron chi connectivity index (χ3n) is 14.5. The van der Waals surface area contributed by atoms with Gasteiger partial charge in [0.05, 0.1) is 0 Å². The van der Waals surface area contributed by atoms with Gasteiger partial charge in [-0.25, -0.2) is 0 Å². The summed E-state index contributed by atoms with van der Waals surface area (Å²) in [6, 6.07) is 58.7. The number of fused-ring (bicyclic) bond motifs is 15. The molecule has 2 fully saturated rings. The fourth-order valence-corrected chi connectivity index (χ4v) is 11.6. The largest absolute Gasteiger partial charge is 0.310 e. The van der Waals surface area contributed by atoms with Gasteiger partial charge in [0.15, 0.2) is 0 Å². The average molecular weight is 766 g/mol. The van der Waals surface area contributed by atoms with Crippen molar-refractivity contribution in [3.8, 4) is 55.6 Å². The predicted molar refractivity (Wildman–Crippen MR) is 250 cm³/mol. The van der Waals surface area contributed by atoms with Gasteiger partial charge in [-0.15, -0.1) is 0 Å². The van der Waals surface area contributed by atoms with Crippen molar-refractivity contribution in [2.75, 3.05) is 4.90 Å². The molecule has 4 aliphatic carbocycles. The Hall–Kier alpha value is -5.66. The number of benzene rings is 7. The zero-order chi connectivity index (χ0) is 40.2. The first-order valence-electron chi connectivity index (χ1n) is 22.1. The molecule has 11 rings (SSSR count). The van der Waals surface area contributed by atoms with Crippen molar-refractivity contribution in [3.05, 3.63) is 174 Å². The summed E-state index contributed by atoms with van der Waals surface area (Å²) in [7, 11) is 0. The van der Waals surface area contributed by atoms with Crippen LogP contribution in [0.15, 0.2) is 152 Å². The van der Waals surface area contributed by atoms with Gasteiger partial charge in [-0.05, 0) is 187 Å². The maximum atomic E-state index is 2.54. The molecule has 0 N–H and O–H groups in total. The second-order valence-corrected chi connectivity index (χ2v) is 20.2. The van der Waals surface area contributed by atoms with Crippen molar-refractivity contribution in [2.24, 2.45) is 11.8 Å². The van der Waals surface area contributed by atoms with Crippen molar-refractivity contribution in [1.29, 1.82) is 0 Å². The maximum absolute atomic E-state index is 2.54. The minimum Gasteiger partial charge on any atom is -0.310 e. The second-order valence-electron chi connectivity index (χ2n) is 20.2. The van der Waals surface area contributed by atoms with Crippen LogP contribution in [-0.4, -0.2) is 0 Å². The molecule has 0 saturated heterocycles. The number of hydrogen-bond acceptors (Lipinski definition) is 1. The molecule has 1 nitrogen and oxygen atoms in total. The number of rotatable bonds is 3. The minimum atomic E-state index is -0.00206. The third-order valence-corrected chi connectivity index (χ3v) is 14.5. The molecule has 0 spiro atoms. The fraction of sp³-hybridized carbons (Fsp3) is 0.276. The van der Waals surface area contributed by atoms with E-state index in [-0.39, 0.29) is 10.8 Å². The smallest absolute Gasteiger partial charge is 0.0468 e. The summed E-state index contributed by atoms with van der Waals surface area (Å²) in [5.41, 5.74) is 22.6. The Labute approximate surface area is 351 Å². The van der Waals surface area contributed by atoms with Crippen LogP contribution in [0.25, 0.3) is 55.6 Å². The molecule has 0 aromatic heterocycles. The third kappa shape index (κ3) is 6.03. The summed E-state index contributed by atoms with van der Waals surface area (Å²) in [5, 5.41) is 0. The van der Waals surface area contributed by atoms with Crippen molar-refractivity contribution in [2.45, 2.75) is 89.9 Å². The van der Waals surface area contributed by atoms with Gasteiger partial charge in [0.25, 0.3) is 0 Å². The molecule has 4 aliphatic rings. The van der Waals surface area contributed by atoms with E-state index in [4.69, 9.17) is 0 Å². The van der Waals surface area contributed by atoms with Crippen molar-refractivity contribution >= 4 is 17.1 Å². The molecule has 4 atom stereocenters. The van der Waals surface area contributed by atoms with Crippen molar-refractivity contribution < 1.29 is 0 Å². The molecular formula is C58H55N. The van der Waals surface area contributed by atoms with E-state index in [1.807, 2.05) is 0 Å². The van der Waals surface area contributed by atoms with Gasteiger partial charge in [-0.3, -0.25) is 0 Å². The Morgan fingerprint density at radius 2 is 0.881 bits per heavy atom. The summed E-state index contributed by atoms with van der Waals surface area (Å²) in [6.07, 6.45) is 5.43. The van der Waals surface area contributed by atoms with Crippen LogP contribution in [0.3, 0.4) is 0 Å². The van der Waals surface area contributed by atoms with E-state index in [0.29, 0.717) is 11.8 Å². The highest BCUT2D eigenvalue weighted by atomic mass is 15.1. The molecule has 7 aromatic rings. The maximum Gasteiger partial charge on any atom is 0.0468 e. The molecule has 2 saturated carbocycles. The Kier molecular flexibility index (Phi) is 8.29. The molecule has 0 amide bonds. The Balaban J connectivity index is 1.15. The first-order valence-corrected chi connectivity index (χ1v) is 22.1. The lowest BCUT2D eigenvalue weighted by molar-refractivity contribution is 0.311. The second kappa shape index (κ2) is 13.4. The first-order chi connectivity index (χ1) is 28.5. The van der Waals surface area contributed by atoms with E-state index in [2.05, 4.69) is 198 Å². The number of hydrogen-bond donors (Lipinski definition) is 0. The molecule has 0 aliphatic heterocycles. The van der Waals surface area contributed by atoms with E-state index < -0.39 is 0 Å². The molecular weight excluding hydrogens is 711 g/mol. The van der Waals surface area contributed by atoms with Gasteiger partial charge < -0.3 is 4.90 Å². The first kappa shape index (κ1) is 36.4. The lowest BCUT2D eigenvalue weighted by Crippen LogP contribution is -2.19. The molecule has 7 aromatic carbocycles. The molecule has 0 radical (unpaired) electrons. The van der Waals surface area contributed by atoms with Gasteiger partial charge in [0.2, 0.25) is 0 Å². The quantitative estimate of drug-likeness (QED) is 0.173. The summed E-state index contributed by atoms with van der Waals surface area (Å²) < 4.78 is 0. The van der Waals surface area contributed by atoms with Crippen LogP contribution in [0, 0.1) is 11.8 Å². The number of para-hydroxylation sites is 1. The minimum absolute atomic E-state index is 0.00206. The van der Waals surface area contributed by atoms with E-state index in [9.17, 15) is 0 Å². The molecule has 4 unspecified atom stereocenters. The molecule has 59 heavy (non-hydrogen) atoms. The van der Waals surface area contributed by atoms with E-state index in [1.54, 1.807) is 11.1 Å². The van der Waals surface area contributed by atoms with Gasteiger partial charge in [0, 0.05) is 17.1 Å². The van der Waals surface area contributed by atoms with E-state index >= 15 is 0 Å². The van der Waals surface area contributed by atoms with Gasteiger partial charge >= 0.3 is 0 Å². The van der Waals surface area contributed by atoms with Crippen LogP contribution in [0.2, 0.25) is 0 Å².